The van der Waals surface area contributed by atoms with Crippen molar-refractivity contribution in [3.05, 3.63) is 33.9 Å². The number of unbranched alkanes of at least 4 members (excludes halogenated alkanes) is 1. The van der Waals surface area contributed by atoms with E-state index < -0.39 is 4.92 Å². The van der Waals surface area contributed by atoms with Crippen LogP contribution in [0, 0.1) is 17.0 Å². The van der Waals surface area contributed by atoms with Gasteiger partial charge in [-0.1, -0.05) is 25.1 Å². The van der Waals surface area contributed by atoms with E-state index >= 15 is 0 Å². The molecule has 0 radical (unpaired) electrons. The Kier molecular flexibility index (Phi) is 4.95. The predicted octanol–water partition coefficient (Wildman–Crippen LogP) is 3.27. The van der Waals surface area contributed by atoms with Crippen molar-refractivity contribution in [1.82, 2.24) is 4.90 Å². The zero-order chi connectivity index (χ0) is 15.4. The quantitative estimate of drug-likeness (QED) is 0.618. The summed E-state index contributed by atoms with van der Waals surface area (Å²) in [4.78, 5) is 28.4. The van der Waals surface area contributed by atoms with Crippen molar-refractivity contribution >= 4 is 34.2 Å². The van der Waals surface area contributed by atoms with E-state index in [1.165, 1.54) is 23.9 Å². The highest BCUT2D eigenvalue weighted by Gasteiger charge is 2.27. The fourth-order valence-electron chi connectivity index (χ4n) is 2.00. The summed E-state index contributed by atoms with van der Waals surface area (Å²) in [5, 5.41) is 11.4. The molecule has 6 nitrogen and oxygen atoms in total. The SMILES string of the molecule is CCCCN1C(=O)CSC1=Nc1ccc([N+](=O)[O-])cc1C. The number of nitro groups is 1. The first-order chi connectivity index (χ1) is 10.0. The van der Waals surface area contributed by atoms with Crippen molar-refractivity contribution in [2.24, 2.45) is 4.99 Å². The summed E-state index contributed by atoms with van der Waals surface area (Å²) in [6.07, 6.45) is 1.95. The van der Waals surface area contributed by atoms with Crippen LogP contribution in [0.15, 0.2) is 23.2 Å². The number of nitrogens with zero attached hydrogens (tertiary/aromatic N) is 3. The molecule has 0 N–H and O–H groups in total. The van der Waals surface area contributed by atoms with Gasteiger partial charge in [0.05, 0.1) is 16.4 Å². The van der Waals surface area contributed by atoms with Crippen molar-refractivity contribution in [2.75, 3.05) is 12.3 Å². The predicted molar refractivity (Wildman–Crippen MR) is 84.0 cm³/mol. The average Bonchev–Trinajstić information content (AvgIpc) is 2.79. The number of carbonyl (C=O) groups is 1. The summed E-state index contributed by atoms with van der Waals surface area (Å²) >= 11 is 1.42. The number of hydrogen-bond donors (Lipinski definition) is 0. The molecule has 2 rings (SSSR count). The van der Waals surface area contributed by atoms with E-state index in [4.69, 9.17) is 0 Å². The lowest BCUT2D eigenvalue weighted by Crippen LogP contribution is -2.30. The Labute approximate surface area is 127 Å². The molecular formula is C14H17N3O3S. The minimum atomic E-state index is -0.425. The van der Waals surface area contributed by atoms with E-state index in [0.29, 0.717) is 23.2 Å². The summed E-state index contributed by atoms with van der Waals surface area (Å²) in [6, 6.07) is 4.56. The van der Waals surface area contributed by atoms with Gasteiger partial charge in [-0.25, -0.2) is 4.99 Å². The van der Waals surface area contributed by atoms with Gasteiger partial charge in [-0.2, -0.15) is 0 Å². The summed E-state index contributed by atoms with van der Waals surface area (Å²) in [5.74, 6) is 0.487. The lowest BCUT2D eigenvalue weighted by atomic mass is 10.2. The van der Waals surface area contributed by atoms with Gasteiger partial charge < -0.3 is 0 Å². The Morgan fingerprint density at radius 2 is 2.24 bits per heavy atom. The maximum atomic E-state index is 11.8. The molecule has 1 heterocycles. The van der Waals surface area contributed by atoms with E-state index in [-0.39, 0.29) is 11.6 Å². The van der Waals surface area contributed by atoms with Crippen LogP contribution in [0.2, 0.25) is 0 Å². The summed E-state index contributed by atoms with van der Waals surface area (Å²) in [7, 11) is 0. The Bertz CT molecular complexity index is 601. The van der Waals surface area contributed by atoms with Gasteiger partial charge in [-0.3, -0.25) is 19.8 Å². The molecule has 1 fully saturated rings. The van der Waals surface area contributed by atoms with E-state index in [2.05, 4.69) is 11.9 Å². The maximum Gasteiger partial charge on any atom is 0.269 e. The molecule has 1 aliphatic rings. The number of aryl methyl sites for hydroxylation is 1. The lowest BCUT2D eigenvalue weighted by molar-refractivity contribution is -0.384. The molecule has 1 aromatic carbocycles. The smallest absolute Gasteiger partial charge is 0.269 e. The number of benzene rings is 1. The van der Waals surface area contributed by atoms with Crippen LogP contribution < -0.4 is 0 Å². The number of amides is 1. The molecule has 0 aliphatic carbocycles. The Balaban J connectivity index is 2.25. The Morgan fingerprint density at radius 3 is 2.86 bits per heavy atom. The van der Waals surface area contributed by atoms with Crippen LogP contribution in [0.3, 0.4) is 0 Å². The normalized spacial score (nSPS) is 16.8. The van der Waals surface area contributed by atoms with Crippen LogP contribution >= 0.6 is 11.8 Å². The van der Waals surface area contributed by atoms with E-state index in [9.17, 15) is 14.9 Å². The summed E-state index contributed by atoms with van der Waals surface area (Å²) in [6.45, 7) is 4.53. The van der Waals surface area contributed by atoms with Crippen LogP contribution in [-0.2, 0) is 4.79 Å². The lowest BCUT2D eigenvalue weighted by Gasteiger charge is -2.15. The van der Waals surface area contributed by atoms with Gasteiger partial charge in [-0.15, -0.1) is 0 Å². The molecule has 0 bridgehead atoms. The molecule has 0 saturated carbocycles. The first-order valence-electron chi connectivity index (χ1n) is 6.80. The number of hydrogen-bond acceptors (Lipinski definition) is 5. The van der Waals surface area contributed by atoms with Gasteiger partial charge in [0.15, 0.2) is 5.17 Å². The number of non-ortho nitro benzene ring substituents is 1. The van der Waals surface area contributed by atoms with Crippen molar-refractivity contribution in [1.29, 1.82) is 0 Å². The van der Waals surface area contributed by atoms with E-state index in [0.717, 1.165) is 18.4 Å². The molecular weight excluding hydrogens is 290 g/mol. The third-order valence-electron chi connectivity index (χ3n) is 3.20. The van der Waals surface area contributed by atoms with Gasteiger partial charge in [-0.05, 0) is 25.0 Å². The van der Waals surface area contributed by atoms with Crippen LogP contribution in [0.4, 0.5) is 11.4 Å². The molecule has 112 valence electrons. The fraction of sp³-hybridized carbons (Fsp3) is 0.429. The number of rotatable bonds is 5. The van der Waals surface area contributed by atoms with Crippen molar-refractivity contribution in [3.63, 3.8) is 0 Å². The number of thioether (sulfide) groups is 1. The van der Waals surface area contributed by atoms with Crippen molar-refractivity contribution < 1.29 is 9.72 Å². The van der Waals surface area contributed by atoms with Gasteiger partial charge in [0, 0.05) is 18.7 Å². The first-order valence-corrected chi connectivity index (χ1v) is 7.78. The minimum Gasteiger partial charge on any atom is -0.291 e. The second kappa shape index (κ2) is 6.71. The van der Waals surface area contributed by atoms with Crippen LogP contribution in [0.5, 0.6) is 0 Å². The summed E-state index contributed by atoms with van der Waals surface area (Å²) < 4.78 is 0. The number of nitro benzene ring substituents is 1. The third-order valence-corrected chi connectivity index (χ3v) is 4.16. The van der Waals surface area contributed by atoms with Crippen LogP contribution in [0.25, 0.3) is 0 Å². The van der Waals surface area contributed by atoms with Gasteiger partial charge >= 0.3 is 0 Å². The molecule has 7 heteroatoms. The van der Waals surface area contributed by atoms with E-state index in [1.807, 2.05) is 0 Å². The number of amidine groups is 1. The Morgan fingerprint density at radius 1 is 1.48 bits per heavy atom. The highest BCUT2D eigenvalue weighted by molar-refractivity contribution is 8.15. The van der Waals surface area contributed by atoms with Gasteiger partial charge in [0.2, 0.25) is 5.91 Å². The molecule has 1 aromatic rings. The van der Waals surface area contributed by atoms with Gasteiger partial charge in [0.25, 0.3) is 5.69 Å². The molecule has 21 heavy (non-hydrogen) atoms. The molecule has 0 aromatic heterocycles. The summed E-state index contributed by atoms with van der Waals surface area (Å²) in [5.41, 5.74) is 1.45. The first kappa shape index (κ1) is 15.5. The topological polar surface area (TPSA) is 75.8 Å². The van der Waals surface area contributed by atoms with E-state index in [1.54, 1.807) is 17.9 Å². The second-order valence-corrected chi connectivity index (χ2v) is 5.75. The zero-order valence-corrected chi connectivity index (χ0v) is 12.9. The maximum absolute atomic E-state index is 11.8. The van der Waals surface area contributed by atoms with Crippen LogP contribution in [-0.4, -0.2) is 33.2 Å². The molecule has 0 unspecified atom stereocenters. The fourth-order valence-corrected chi connectivity index (χ4v) is 2.92. The molecule has 0 atom stereocenters. The number of aliphatic imine (C=N–C) groups is 1. The minimum absolute atomic E-state index is 0.0504. The molecule has 1 amide bonds. The largest absolute Gasteiger partial charge is 0.291 e. The van der Waals surface area contributed by atoms with Crippen molar-refractivity contribution in [3.8, 4) is 0 Å². The monoisotopic (exact) mass is 307 g/mol. The van der Waals surface area contributed by atoms with Crippen LogP contribution in [0.1, 0.15) is 25.3 Å². The molecule has 0 spiro atoms. The van der Waals surface area contributed by atoms with Crippen molar-refractivity contribution in [2.45, 2.75) is 26.7 Å². The molecule has 1 saturated heterocycles. The average molecular weight is 307 g/mol. The Hall–Kier alpha value is -1.89. The number of carbonyl (C=O) groups excluding carboxylic acids is 1. The standard InChI is InChI=1S/C14H17N3O3S/c1-3-4-7-16-13(18)9-21-14(16)15-12-6-5-11(17(19)20)8-10(12)2/h5-6,8H,3-4,7,9H2,1-2H3. The zero-order valence-electron chi connectivity index (χ0n) is 12.0. The highest BCUT2D eigenvalue weighted by Crippen LogP contribution is 2.28. The second-order valence-electron chi connectivity index (χ2n) is 4.81. The highest BCUT2D eigenvalue weighted by atomic mass is 32.2. The third kappa shape index (κ3) is 3.60. The molecule has 1 aliphatic heterocycles. The van der Waals surface area contributed by atoms with Gasteiger partial charge in [0.1, 0.15) is 0 Å².